The Morgan fingerprint density at radius 2 is 1.86 bits per heavy atom. The first-order valence-electron chi connectivity index (χ1n) is 7.38. The number of para-hydroxylation sites is 1. The van der Waals surface area contributed by atoms with Gasteiger partial charge in [0.15, 0.2) is 0 Å². The van der Waals surface area contributed by atoms with Crippen molar-refractivity contribution in [1.29, 1.82) is 0 Å². The number of nitrogens with zero attached hydrogens (tertiary/aromatic N) is 1. The van der Waals surface area contributed by atoms with E-state index < -0.39 is 0 Å². The number of hydrogen-bond donors (Lipinski definition) is 1. The highest BCUT2D eigenvalue weighted by molar-refractivity contribution is 7.18. The van der Waals surface area contributed by atoms with Crippen molar-refractivity contribution in [2.75, 3.05) is 13.1 Å². The molecule has 2 heterocycles. The summed E-state index contributed by atoms with van der Waals surface area (Å²) in [7, 11) is 0. The molecule has 2 nitrogen and oxygen atoms in total. The molecule has 21 heavy (non-hydrogen) atoms. The smallest absolute Gasteiger partial charge is 0.0948 e. The molecule has 1 aromatic heterocycles. The lowest BCUT2D eigenvalue weighted by molar-refractivity contribution is 0.274. The summed E-state index contributed by atoms with van der Waals surface area (Å²) in [6, 6.07) is 17.4. The number of thiazole rings is 1. The third-order valence-electron chi connectivity index (χ3n) is 4.42. The number of rotatable bonds is 3. The number of aromatic nitrogens is 1. The van der Waals surface area contributed by atoms with E-state index in [1.807, 2.05) is 11.3 Å². The summed E-state index contributed by atoms with van der Waals surface area (Å²) in [4.78, 5) is 4.81. The van der Waals surface area contributed by atoms with E-state index in [-0.39, 0.29) is 5.41 Å². The summed E-state index contributed by atoms with van der Waals surface area (Å²) in [5.41, 5.74) is 4.11. The van der Waals surface area contributed by atoms with Gasteiger partial charge in [0.25, 0.3) is 0 Å². The van der Waals surface area contributed by atoms with E-state index >= 15 is 0 Å². The first kappa shape index (κ1) is 13.0. The molecule has 0 saturated carbocycles. The standard InChI is InChI=1S/C18H18N2S/c1-13-6-8-14(9-7-13)18(11-19-12-18)10-17-20-15-4-2-3-5-16(15)21-17/h2-9,19H,10-12H2,1H3. The fourth-order valence-electron chi connectivity index (χ4n) is 3.05. The van der Waals surface area contributed by atoms with Crippen LogP contribution in [-0.4, -0.2) is 18.1 Å². The molecular formula is C18H18N2S. The van der Waals surface area contributed by atoms with Crippen molar-refractivity contribution in [3.05, 3.63) is 64.7 Å². The van der Waals surface area contributed by atoms with Gasteiger partial charge in [-0.3, -0.25) is 0 Å². The minimum Gasteiger partial charge on any atom is -0.315 e. The van der Waals surface area contributed by atoms with E-state index in [1.165, 1.54) is 20.8 Å². The fraction of sp³-hybridized carbons (Fsp3) is 0.278. The van der Waals surface area contributed by atoms with Gasteiger partial charge in [0.2, 0.25) is 0 Å². The lowest BCUT2D eigenvalue weighted by atomic mass is 9.72. The van der Waals surface area contributed by atoms with Crippen LogP contribution in [0.15, 0.2) is 48.5 Å². The predicted molar refractivity (Wildman–Crippen MR) is 89.1 cm³/mol. The third-order valence-corrected chi connectivity index (χ3v) is 5.45. The predicted octanol–water partition coefficient (Wildman–Crippen LogP) is 3.69. The van der Waals surface area contributed by atoms with Crippen molar-refractivity contribution in [1.82, 2.24) is 10.3 Å². The Morgan fingerprint density at radius 1 is 1.10 bits per heavy atom. The SMILES string of the molecule is Cc1ccc(C2(Cc3nc4ccccc4s3)CNC2)cc1. The number of aryl methyl sites for hydroxylation is 1. The third kappa shape index (κ3) is 2.27. The van der Waals surface area contributed by atoms with Gasteiger partial charge in [-0.25, -0.2) is 4.98 Å². The topological polar surface area (TPSA) is 24.9 Å². The maximum absolute atomic E-state index is 4.81. The summed E-state index contributed by atoms with van der Waals surface area (Å²) in [5, 5.41) is 4.69. The second-order valence-corrected chi connectivity index (χ2v) is 7.12. The first-order valence-corrected chi connectivity index (χ1v) is 8.19. The summed E-state index contributed by atoms with van der Waals surface area (Å²) in [6.07, 6.45) is 1.03. The summed E-state index contributed by atoms with van der Waals surface area (Å²) in [5.74, 6) is 0. The molecule has 0 spiro atoms. The maximum atomic E-state index is 4.81. The van der Waals surface area contributed by atoms with Crippen LogP contribution < -0.4 is 5.32 Å². The average Bonchev–Trinajstić information content (AvgIpc) is 2.86. The molecule has 0 amide bonds. The molecule has 3 aromatic rings. The number of fused-ring (bicyclic) bond motifs is 1. The molecule has 2 aromatic carbocycles. The summed E-state index contributed by atoms with van der Waals surface area (Å²) < 4.78 is 1.29. The van der Waals surface area contributed by atoms with Crippen LogP contribution in [-0.2, 0) is 11.8 Å². The van der Waals surface area contributed by atoms with Crippen LogP contribution in [0.2, 0.25) is 0 Å². The van der Waals surface area contributed by atoms with E-state index in [1.54, 1.807) is 0 Å². The minimum atomic E-state index is 0.224. The molecule has 0 atom stereocenters. The number of hydrogen-bond acceptors (Lipinski definition) is 3. The number of nitrogens with one attached hydrogen (secondary N) is 1. The van der Waals surface area contributed by atoms with Crippen LogP contribution in [0.3, 0.4) is 0 Å². The molecule has 1 saturated heterocycles. The van der Waals surface area contributed by atoms with E-state index in [9.17, 15) is 0 Å². The molecule has 3 heteroatoms. The quantitative estimate of drug-likeness (QED) is 0.797. The highest BCUT2D eigenvalue weighted by atomic mass is 32.1. The zero-order chi connectivity index (χ0) is 14.3. The zero-order valence-electron chi connectivity index (χ0n) is 12.1. The monoisotopic (exact) mass is 294 g/mol. The van der Waals surface area contributed by atoms with Gasteiger partial charge in [0, 0.05) is 24.9 Å². The molecule has 1 aliphatic rings. The molecule has 4 rings (SSSR count). The summed E-state index contributed by atoms with van der Waals surface area (Å²) in [6.45, 7) is 4.24. The lowest BCUT2D eigenvalue weighted by Crippen LogP contribution is -2.58. The first-order chi connectivity index (χ1) is 10.3. The Labute approximate surface area is 128 Å². The van der Waals surface area contributed by atoms with Crippen LogP contribution >= 0.6 is 11.3 Å². The minimum absolute atomic E-state index is 0.224. The van der Waals surface area contributed by atoms with Gasteiger partial charge in [-0.1, -0.05) is 42.0 Å². The van der Waals surface area contributed by atoms with Gasteiger partial charge < -0.3 is 5.32 Å². The van der Waals surface area contributed by atoms with E-state index in [0.29, 0.717) is 0 Å². The van der Waals surface area contributed by atoms with Gasteiger partial charge in [-0.05, 0) is 24.6 Å². The van der Waals surface area contributed by atoms with Crippen LogP contribution in [0.4, 0.5) is 0 Å². The molecule has 1 fully saturated rings. The Balaban J connectivity index is 1.68. The average molecular weight is 294 g/mol. The van der Waals surface area contributed by atoms with E-state index in [0.717, 1.165) is 25.0 Å². The number of benzene rings is 2. The summed E-state index contributed by atoms with van der Waals surface area (Å²) >= 11 is 1.83. The van der Waals surface area contributed by atoms with Crippen molar-refractivity contribution < 1.29 is 0 Å². The second kappa shape index (κ2) is 4.93. The molecule has 0 unspecified atom stereocenters. The van der Waals surface area contributed by atoms with Crippen molar-refractivity contribution in [3.8, 4) is 0 Å². The normalized spacial score (nSPS) is 16.8. The van der Waals surface area contributed by atoms with Gasteiger partial charge in [0.1, 0.15) is 0 Å². The van der Waals surface area contributed by atoms with Crippen LogP contribution in [0.1, 0.15) is 16.1 Å². The van der Waals surface area contributed by atoms with Crippen LogP contribution in [0, 0.1) is 6.92 Å². The fourth-order valence-corrected chi connectivity index (χ4v) is 4.16. The molecular weight excluding hydrogens is 276 g/mol. The van der Waals surface area contributed by atoms with E-state index in [4.69, 9.17) is 4.98 Å². The second-order valence-electron chi connectivity index (χ2n) is 6.00. The zero-order valence-corrected chi connectivity index (χ0v) is 12.9. The van der Waals surface area contributed by atoms with Crippen LogP contribution in [0.5, 0.6) is 0 Å². The van der Waals surface area contributed by atoms with E-state index in [2.05, 4.69) is 60.8 Å². The Morgan fingerprint density at radius 3 is 2.52 bits per heavy atom. The molecule has 0 radical (unpaired) electrons. The Kier molecular flexibility index (Phi) is 3.05. The molecule has 0 bridgehead atoms. The van der Waals surface area contributed by atoms with Gasteiger partial charge in [-0.15, -0.1) is 11.3 Å². The molecule has 1 N–H and O–H groups in total. The van der Waals surface area contributed by atoms with Crippen LogP contribution in [0.25, 0.3) is 10.2 Å². The molecule has 1 aliphatic heterocycles. The van der Waals surface area contributed by atoms with Crippen molar-refractivity contribution in [2.24, 2.45) is 0 Å². The lowest BCUT2D eigenvalue weighted by Gasteiger charge is -2.43. The van der Waals surface area contributed by atoms with Gasteiger partial charge >= 0.3 is 0 Å². The van der Waals surface area contributed by atoms with Crippen molar-refractivity contribution in [2.45, 2.75) is 18.8 Å². The largest absolute Gasteiger partial charge is 0.315 e. The highest BCUT2D eigenvalue weighted by Crippen LogP contribution is 2.35. The molecule has 0 aliphatic carbocycles. The Bertz CT molecular complexity index is 736. The highest BCUT2D eigenvalue weighted by Gasteiger charge is 2.39. The van der Waals surface area contributed by atoms with Crippen molar-refractivity contribution >= 4 is 21.6 Å². The van der Waals surface area contributed by atoms with Gasteiger partial charge in [0.05, 0.1) is 15.2 Å². The maximum Gasteiger partial charge on any atom is 0.0948 e. The van der Waals surface area contributed by atoms with Gasteiger partial charge in [-0.2, -0.15) is 0 Å². The molecule has 106 valence electrons. The Hall–Kier alpha value is -1.71. The van der Waals surface area contributed by atoms with Crippen molar-refractivity contribution in [3.63, 3.8) is 0 Å².